The van der Waals surface area contributed by atoms with Gasteiger partial charge in [-0.3, -0.25) is 4.79 Å². The number of rotatable bonds is 1. The van der Waals surface area contributed by atoms with Gasteiger partial charge in [-0.1, -0.05) is 48.6 Å². The van der Waals surface area contributed by atoms with Crippen LogP contribution in [0.5, 0.6) is 0 Å². The molecule has 0 unspecified atom stereocenters. The van der Waals surface area contributed by atoms with E-state index in [1.807, 2.05) is 48.6 Å². The second kappa shape index (κ2) is 7.93. The third-order valence-corrected chi connectivity index (χ3v) is 1.88. The quantitative estimate of drug-likeness (QED) is 0.749. The summed E-state index contributed by atoms with van der Waals surface area (Å²) < 4.78 is 5.18. The molecule has 3 heteroatoms. The Labute approximate surface area is 101 Å². The van der Waals surface area contributed by atoms with Crippen LogP contribution in [0.4, 0.5) is 0 Å². The van der Waals surface area contributed by atoms with Crippen molar-refractivity contribution in [1.29, 1.82) is 0 Å². The van der Waals surface area contributed by atoms with E-state index < -0.39 is 5.91 Å². The first-order valence-electron chi connectivity index (χ1n) is 5.25. The van der Waals surface area contributed by atoms with Gasteiger partial charge in [0.1, 0.15) is 6.61 Å². The summed E-state index contributed by atoms with van der Waals surface area (Å²) in [5, 5.41) is 0. The first-order valence-corrected chi connectivity index (χ1v) is 5.25. The number of amides is 1. The molecule has 1 amide bonds. The normalized spacial score (nSPS) is 23.6. The average Bonchev–Trinajstić information content (AvgIpc) is 2.31. The molecule has 3 nitrogen and oxygen atoms in total. The number of carbonyl (C=O) groups is 1. The molecule has 0 aromatic rings. The van der Waals surface area contributed by atoms with Gasteiger partial charge in [0, 0.05) is 0 Å². The molecule has 0 fully saturated rings. The topological polar surface area (TPSA) is 52.3 Å². The van der Waals surface area contributed by atoms with Crippen molar-refractivity contribution >= 4 is 5.91 Å². The summed E-state index contributed by atoms with van der Waals surface area (Å²) >= 11 is 0. The van der Waals surface area contributed by atoms with Crippen molar-refractivity contribution in [2.45, 2.75) is 0 Å². The molecule has 0 saturated carbocycles. The summed E-state index contributed by atoms with van der Waals surface area (Å²) in [7, 11) is 0. The molecule has 0 bridgehead atoms. The molecular formula is C14H15NO2. The van der Waals surface area contributed by atoms with Crippen molar-refractivity contribution < 1.29 is 9.53 Å². The van der Waals surface area contributed by atoms with Crippen LogP contribution < -0.4 is 5.73 Å². The zero-order valence-electron chi connectivity index (χ0n) is 9.45. The number of hydrogen-bond acceptors (Lipinski definition) is 2. The Balaban J connectivity index is 2.80. The maximum atomic E-state index is 11.0. The fourth-order valence-electron chi connectivity index (χ4n) is 1.05. The minimum Gasteiger partial charge on any atom is -0.496 e. The Bertz CT molecular complexity index is 424. The number of nitrogens with two attached hydrogens (primary N) is 1. The highest BCUT2D eigenvalue weighted by atomic mass is 16.5. The molecule has 1 aliphatic heterocycles. The van der Waals surface area contributed by atoms with Gasteiger partial charge in [0.25, 0.3) is 5.91 Å². The van der Waals surface area contributed by atoms with Gasteiger partial charge in [-0.25, -0.2) is 0 Å². The van der Waals surface area contributed by atoms with Crippen molar-refractivity contribution in [3.05, 3.63) is 72.6 Å². The van der Waals surface area contributed by atoms with Crippen LogP contribution >= 0.6 is 0 Å². The Hall–Kier alpha value is -2.29. The molecule has 1 aliphatic rings. The van der Waals surface area contributed by atoms with Crippen LogP contribution in [0.25, 0.3) is 0 Å². The number of hydrogen-bond donors (Lipinski definition) is 1. The minimum absolute atomic E-state index is 0.333. The Morgan fingerprint density at radius 2 is 1.59 bits per heavy atom. The molecule has 0 spiro atoms. The first kappa shape index (κ1) is 12.8. The van der Waals surface area contributed by atoms with Gasteiger partial charge in [-0.15, -0.1) is 0 Å². The van der Waals surface area contributed by atoms with Gasteiger partial charge < -0.3 is 10.5 Å². The summed E-state index contributed by atoms with van der Waals surface area (Å²) in [6.07, 6.45) is 19.7. The van der Waals surface area contributed by atoms with Crippen molar-refractivity contribution in [1.82, 2.24) is 0 Å². The van der Waals surface area contributed by atoms with E-state index in [1.165, 1.54) is 6.26 Å². The van der Waals surface area contributed by atoms with E-state index in [0.717, 1.165) is 0 Å². The molecule has 0 aliphatic carbocycles. The molecule has 2 N–H and O–H groups in total. The number of primary amides is 1. The third kappa shape index (κ3) is 5.99. The fourth-order valence-corrected chi connectivity index (χ4v) is 1.05. The monoisotopic (exact) mass is 229 g/mol. The van der Waals surface area contributed by atoms with Crippen LogP contribution in [0.3, 0.4) is 0 Å². The molecule has 1 rings (SSSR count). The standard InChI is InChI=1S/C14H15NO2/c15-14(16)13-10-8-6-4-2-1-3-5-7-9-11-17-12-13/h1-10,12H,11H2,(H2,15,16)/b2-1+,5-3+,6-4+,9-7-,10-8?,13-12?. The molecule has 0 atom stereocenters. The van der Waals surface area contributed by atoms with E-state index in [0.29, 0.717) is 12.2 Å². The van der Waals surface area contributed by atoms with E-state index in [4.69, 9.17) is 10.5 Å². The van der Waals surface area contributed by atoms with E-state index >= 15 is 0 Å². The van der Waals surface area contributed by atoms with E-state index in [-0.39, 0.29) is 0 Å². The van der Waals surface area contributed by atoms with Gasteiger partial charge in [0.15, 0.2) is 0 Å². The lowest BCUT2D eigenvalue weighted by Crippen LogP contribution is -2.12. The van der Waals surface area contributed by atoms with Crippen LogP contribution in [0.2, 0.25) is 0 Å². The summed E-state index contributed by atoms with van der Waals surface area (Å²) in [6.45, 7) is 0.397. The zero-order chi connectivity index (χ0) is 12.3. The summed E-state index contributed by atoms with van der Waals surface area (Å²) in [6, 6.07) is 0. The smallest absolute Gasteiger partial charge is 0.251 e. The molecule has 0 radical (unpaired) electrons. The lowest BCUT2D eigenvalue weighted by Gasteiger charge is -1.98. The molecule has 17 heavy (non-hydrogen) atoms. The lowest BCUT2D eigenvalue weighted by molar-refractivity contribution is -0.114. The largest absolute Gasteiger partial charge is 0.496 e. The molecule has 0 aromatic carbocycles. The van der Waals surface area contributed by atoms with Crippen LogP contribution in [0.1, 0.15) is 0 Å². The van der Waals surface area contributed by atoms with Gasteiger partial charge >= 0.3 is 0 Å². The Morgan fingerprint density at radius 3 is 2.24 bits per heavy atom. The maximum Gasteiger partial charge on any atom is 0.251 e. The Kier molecular flexibility index (Phi) is 5.96. The van der Waals surface area contributed by atoms with Gasteiger partial charge in [-0.05, 0) is 12.2 Å². The average molecular weight is 229 g/mol. The van der Waals surface area contributed by atoms with Crippen molar-refractivity contribution in [2.75, 3.05) is 6.61 Å². The molecular weight excluding hydrogens is 214 g/mol. The van der Waals surface area contributed by atoms with E-state index in [1.54, 1.807) is 12.2 Å². The van der Waals surface area contributed by atoms with Crippen LogP contribution in [-0.4, -0.2) is 12.5 Å². The van der Waals surface area contributed by atoms with Gasteiger partial charge in [-0.2, -0.15) is 0 Å². The van der Waals surface area contributed by atoms with Crippen LogP contribution in [-0.2, 0) is 9.53 Å². The summed E-state index contributed by atoms with van der Waals surface area (Å²) in [5.74, 6) is -0.513. The predicted octanol–water partition coefficient (Wildman–Crippen LogP) is 2.17. The molecule has 1 heterocycles. The van der Waals surface area contributed by atoms with Crippen molar-refractivity contribution in [2.24, 2.45) is 5.73 Å². The second-order valence-electron chi connectivity index (χ2n) is 3.21. The molecule has 0 saturated heterocycles. The highest BCUT2D eigenvalue weighted by molar-refractivity contribution is 5.94. The number of ether oxygens (including phenoxy) is 1. The van der Waals surface area contributed by atoms with Crippen LogP contribution in [0, 0.1) is 0 Å². The molecule has 0 aromatic heterocycles. The highest BCUT2D eigenvalue weighted by Gasteiger charge is 1.99. The first-order chi connectivity index (χ1) is 8.30. The lowest BCUT2D eigenvalue weighted by atomic mass is 10.2. The number of allylic oxidation sites excluding steroid dienone is 8. The predicted molar refractivity (Wildman–Crippen MR) is 68.9 cm³/mol. The zero-order valence-corrected chi connectivity index (χ0v) is 9.45. The fraction of sp³-hybridized carbons (Fsp3) is 0.0714. The molecule has 88 valence electrons. The Morgan fingerprint density at radius 1 is 1.00 bits per heavy atom. The second-order valence-corrected chi connectivity index (χ2v) is 3.21. The minimum atomic E-state index is -0.513. The van der Waals surface area contributed by atoms with Gasteiger partial charge in [0.05, 0.1) is 11.8 Å². The van der Waals surface area contributed by atoms with E-state index in [2.05, 4.69) is 0 Å². The summed E-state index contributed by atoms with van der Waals surface area (Å²) in [5.41, 5.74) is 5.53. The SMILES string of the molecule is NC(=O)C1=COC\C=C/C=C/C=C/C=C/C=C1. The van der Waals surface area contributed by atoms with Gasteiger partial charge in [0.2, 0.25) is 0 Å². The maximum absolute atomic E-state index is 11.0. The number of carbonyl (C=O) groups excluding carboxylic acids is 1. The van der Waals surface area contributed by atoms with Crippen molar-refractivity contribution in [3.63, 3.8) is 0 Å². The highest BCUT2D eigenvalue weighted by Crippen LogP contribution is 1.98. The summed E-state index contributed by atoms with van der Waals surface area (Å²) in [4.78, 5) is 11.0. The van der Waals surface area contributed by atoms with Crippen LogP contribution in [0.15, 0.2) is 72.6 Å². The third-order valence-electron chi connectivity index (χ3n) is 1.88. The van der Waals surface area contributed by atoms with E-state index in [9.17, 15) is 4.79 Å². The van der Waals surface area contributed by atoms with Crippen molar-refractivity contribution in [3.8, 4) is 0 Å².